The average molecular weight is 204 g/mol. The van der Waals surface area contributed by atoms with Crippen molar-refractivity contribution in [2.75, 3.05) is 0 Å². The molecule has 0 N–H and O–H groups in total. The molecule has 0 atom stereocenters. The lowest BCUT2D eigenvalue weighted by Crippen LogP contribution is -2.16. The highest BCUT2D eigenvalue weighted by molar-refractivity contribution is 5.96. The van der Waals surface area contributed by atoms with Gasteiger partial charge in [-0.1, -0.05) is 0 Å². The van der Waals surface area contributed by atoms with Crippen LogP contribution < -0.4 is 0 Å². The number of hydrogen-bond acceptors (Lipinski definition) is 3. The molecule has 0 bridgehead atoms. The van der Waals surface area contributed by atoms with Crippen molar-refractivity contribution in [3.8, 4) is 0 Å². The maximum atomic E-state index is 12.3. The highest BCUT2D eigenvalue weighted by Gasteiger charge is 2.37. The molecule has 1 heterocycles. The Bertz CT molecular complexity index is 373. The van der Waals surface area contributed by atoms with Gasteiger partial charge in [0.05, 0.1) is 11.3 Å². The third-order valence-electron chi connectivity index (χ3n) is 1.66. The molecule has 76 valence electrons. The summed E-state index contributed by atoms with van der Waals surface area (Å²) in [5, 5.41) is 0. The van der Waals surface area contributed by atoms with Gasteiger partial charge in [-0.25, -0.2) is 9.97 Å². The van der Waals surface area contributed by atoms with Crippen LogP contribution in [-0.4, -0.2) is 15.8 Å². The summed E-state index contributed by atoms with van der Waals surface area (Å²) in [6.07, 6.45) is -3.82. The fourth-order valence-corrected chi connectivity index (χ4v) is 1.11. The Kier molecular flexibility index (Phi) is 2.55. The largest absolute Gasteiger partial charge is 0.434 e. The second kappa shape index (κ2) is 3.36. The second-order valence-corrected chi connectivity index (χ2v) is 2.74. The van der Waals surface area contributed by atoms with Gasteiger partial charge in [0.2, 0.25) is 0 Å². The zero-order valence-electron chi connectivity index (χ0n) is 7.51. The van der Waals surface area contributed by atoms with E-state index in [2.05, 4.69) is 9.97 Å². The van der Waals surface area contributed by atoms with Crippen LogP contribution in [0.1, 0.15) is 28.7 Å². The average Bonchev–Trinajstić information content (AvgIpc) is 2.01. The maximum absolute atomic E-state index is 12.3. The Morgan fingerprint density at radius 1 is 1.36 bits per heavy atom. The summed E-state index contributed by atoms with van der Waals surface area (Å²) < 4.78 is 37.0. The summed E-state index contributed by atoms with van der Waals surface area (Å²) in [5.74, 6) is -0.685. The summed E-state index contributed by atoms with van der Waals surface area (Å²) in [5.41, 5.74) is -1.59. The number of hydrogen-bond donors (Lipinski definition) is 0. The molecule has 0 amide bonds. The number of aromatic nitrogens is 2. The molecule has 0 aromatic carbocycles. The predicted molar refractivity (Wildman–Crippen MR) is 41.8 cm³/mol. The number of nitrogens with zero attached hydrogens (tertiary/aromatic N) is 2. The number of carbonyl (C=O) groups is 1. The van der Waals surface area contributed by atoms with E-state index in [0.29, 0.717) is 0 Å². The van der Waals surface area contributed by atoms with Crippen molar-refractivity contribution >= 4 is 5.78 Å². The lowest BCUT2D eigenvalue weighted by atomic mass is 10.1. The normalized spacial score (nSPS) is 11.5. The van der Waals surface area contributed by atoms with Crippen molar-refractivity contribution in [1.29, 1.82) is 0 Å². The van der Waals surface area contributed by atoms with Gasteiger partial charge in [0.25, 0.3) is 0 Å². The molecule has 0 saturated carbocycles. The third-order valence-corrected chi connectivity index (χ3v) is 1.66. The Labute approximate surface area is 78.0 Å². The van der Waals surface area contributed by atoms with Crippen molar-refractivity contribution in [3.63, 3.8) is 0 Å². The fourth-order valence-electron chi connectivity index (χ4n) is 1.11. The van der Waals surface area contributed by atoms with Crippen LogP contribution >= 0.6 is 0 Å². The van der Waals surface area contributed by atoms with E-state index in [1.165, 1.54) is 6.92 Å². The first-order chi connectivity index (χ1) is 6.34. The molecule has 0 unspecified atom stereocenters. The first kappa shape index (κ1) is 10.6. The highest BCUT2D eigenvalue weighted by Crippen LogP contribution is 2.30. The Morgan fingerprint density at radius 2 is 1.93 bits per heavy atom. The van der Waals surface area contributed by atoms with Gasteiger partial charge in [0, 0.05) is 0 Å². The molecule has 0 radical (unpaired) electrons. The Morgan fingerprint density at radius 3 is 2.29 bits per heavy atom. The molecule has 0 aliphatic carbocycles. The van der Waals surface area contributed by atoms with E-state index in [1.807, 2.05) is 0 Å². The van der Waals surface area contributed by atoms with Gasteiger partial charge in [-0.3, -0.25) is 4.79 Å². The minimum Gasteiger partial charge on any atom is -0.294 e. The molecule has 1 rings (SSSR count). The summed E-state index contributed by atoms with van der Waals surface area (Å²) in [6.45, 7) is 2.40. The standard InChI is InChI=1S/C8H7F3N2O/c1-4-6(5(2)14)7(8(9,10)11)13-3-12-4/h3H,1-2H3. The molecule has 3 nitrogen and oxygen atoms in total. The van der Waals surface area contributed by atoms with Crippen LogP contribution in [0.2, 0.25) is 0 Å². The first-order valence-corrected chi connectivity index (χ1v) is 3.73. The van der Waals surface area contributed by atoms with E-state index >= 15 is 0 Å². The molecular weight excluding hydrogens is 197 g/mol. The number of carbonyl (C=O) groups excluding carboxylic acids is 1. The Balaban J connectivity index is 3.44. The van der Waals surface area contributed by atoms with Crippen molar-refractivity contribution in [2.45, 2.75) is 20.0 Å². The van der Waals surface area contributed by atoms with Crippen LogP contribution in [0.15, 0.2) is 6.33 Å². The van der Waals surface area contributed by atoms with E-state index in [-0.39, 0.29) is 5.69 Å². The summed E-state index contributed by atoms with van der Waals surface area (Å²) in [7, 11) is 0. The van der Waals surface area contributed by atoms with Crippen LogP contribution in [-0.2, 0) is 6.18 Å². The molecule has 1 aromatic heterocycles. The van der Waals surface area contributed by atoms with Gasteiger partial charge in [-0.2, -0.15) is 13.2 Å². The topological polar surface area (TPSA) is 42.9 Å². The first-order valence-electron chi connectivity index (χ1n) is 3.73. The predicted octanol–water partition coefficient (Wildman–Crippen LogP) is 2.01. The van der Waals surface area contributed by atoms with Crippen LogP contribution in [0.4, 0.5) is 13.2 Å². The fraction of sp³-hybridized carbons (Fsp3) is 0.375. The number of aryl methyl sites for hydroxylation is 1. The maximum Gasteiger partial charge on any atom is 0.434 e. The monoisotopic (exact) mass is 204 g/mol. The summed E-state index contributed by atoms with van der Waals surface area (Å²) in [6, 6.07) is 0. The van der Waals surface area contributed by atoms with E-state index in [4.69, 9.17) is 0 Å². The van der Waals surface area contributed by atoms with Crippen LogP contribution in [0.25, 0.3) is 0 Å². The van der Waals surface area contributed by atoms with Crippen LogP contribution in [0.5, 0.6) is 0 Å². The van der Waals surface area contributed by atoms with Crippen LogP contribution in [0.3, 0.4) is 0 Å². The summed E-state index contributed by atoms with van der Waals surface area (Å²) >= 11 is 0. The molecule has 0 fully saturated rings. The van der Waals surface area contributed by atoms with Gasteiger partial charge < -0.3 is 0 Å². The molecule has 0 aliphatic heterocycles. The molecule has 0 spiro atoms. The van der Waals surface area contributed by atoms with E-state index in [0.717, 1.165) is 13.3 Å². The molecule has 0 saturated heterocycles. The molecule has 0 aliphatic rings. The molecule has 6 heteroatoms. The minimum absolute atomic E-state index is 0.0415. The summed E-state index contributed by atoms with van der Waals surface area (Å²) in [4.78, 5) is 17.6. The number of ketones is 1. The van der Waals surface area contributed by atoms with Gasteiger partial charge in [-0.15, -0.1) is 0 Å². The van der Waals surface area contributed by atoms with Crippen molar-refractivity contribution < 1.29 is 18.0 Å². The SMILES string of the molecule is CC(=O)c1c(C)ncnc1C(F)(F)F. The van der Waals surface area contributed by atoms with Crippen LogP contribution in [0, 0.1) is 6.92 Å². The van der Waals surface area contributed by atoms with Gasteiger partial charge in [0.15, 0.2) is 11.5 Å². The number of alkyl halides is 3. The van der Waals surface area contributed by atoms with Gasteiger partial charge >= 0.3 is 6.18 Å². The van der Waals surface area contributed by atoms with Crippen molar-refractivity contribution in [2.24, 2.45) is 0 Å². The van der Waals surface area contributed by atoms with Crippen molar-refractivity contribution in [3.05, 3.63) is 23.3 Å². The minimum atomic E-state index is -4.62. The Hall–Kier alpha value is -1.46. The lowest BCUT2D eigenvalue weighted by Gasteiger charge is -2.10. The van der Waals surface area contributed by atoms with E-state index in [1.54, 1.807) is 0 Å². The lowest BCUT2D eigenvalue weighted by molar-refractivity contribution is -0.141. The quantitative estimate of drug-likeness (QED) is 0.657. The molecular formula is C8H7F3N2O. The van der Waals surface area contributed by atoms with Gasteiger partial charge in [-0.05, 0) is 13.8 Å². The van der Waals surface area contributed by atoms with E-state index in [9.17, 15) is 18.0 Å². The smallest absolute Gasteiger partial charge is 0.294 e. The van der Waals surface area contributed by atoms with Crippen molar-refractivity contribution in [1.82, 2.24) is 9.97 Å². The second-order valence-electron chi connectivity index (χ2n) is 2.74. The number of halogens is 3. The highest BCUT2D eigenvalue weighted by atomic mass is 19.4. The number of rotatable bonds is 1. The van der Waals surface area contributed by atoms with E-state index < -0.39 is 23.2 Å². The molecule has 14 heavy (non-hydrogen) atoms. The van der Waals surface area contributed by atoms with Gasteiger partial charge in [0.1, 0.15) is 6.33 Å². The molecule has 1 aromatic rings. The number of Topliss-reactive ketones (excluding diaryl/α,β-unsaturated/α-hetero) is 1. The zero-order valence-corrected chi connectivity index (χ0v) is 7.51. The zero-order chi connectivity index (χ0) is 10.9. The third kappa shape index (κ3) is 1.89.